The average Bonchev–Trinajstić information content (AvgIpc) is 2.28. The molecule has 5 nitrogen and oxygen atoms in total. The van der Waals surface area contributed by atoms with Crippen molar-refractivity contribution in [2.45, 2.75) is 26.4 Å². The molecule has 0 bridgehead atoms. The second-order valence-corrected chi connectivity index (χ2v) is 3.58. The summed E-state index contributed by atoms with van der Waals surface area (Å²) in [7, 11) is 0. The van der Waals surface area contributed by atoms with Crippen molar-refractivity contribution in [3.8, 4) is 6.07 Å². The summed E-state index contributed by atoms with van der Waals surface area (Å²) in [5.74, 6) is 0.489. The van der Waals surface area contributed by atoms with Gasteiger partial charge >= 0.3 is 0 Å². The molecule has 0 aliphatic carbocycles. The largest absolute Gasteiger partial charge is 0.379 e. The van der Waals surface area contributed by atoms with Gasteiger partial charge in [-0.05, 0) is 26.3 Å². The zero-order valence-corrected chi connectivity index (χ0v) is 9.60. The van der Waals surface area contributed by atoms with Gasteiger partial charge in [0.05, 0.1) is 6.10 Å². The predicted octanol–water partition coefficient (Wildman–Crippen LogP) is 1.58. The first kappa shape index (κ1) is 12.4. The van der Waals surface area contributed by atoms with Crippen molar-refractivity contribution < 1.29 is 4.74 Å². The number of rotatable bonds is 6. The van der Waals surface area contributed by atoms with Crippen molar-refractivity contribution >= 4 is 5.95 Å². The maximum atomic E-state index is 8.64. The summed E-state index contributed by atoms with van der Waals surface area (Å²) in [6.45, 7) is 5.46. The summed E-state index contributed by atoms with van der Waals surface area (Å²) in [5.41, 5.74) is 0.371. The molecule has 86 valence electrons. The standard InChI is InChI=1S/C11H16N4O/c1-9(2)16-7-3-5-13-11-14-6-4-10(8-12)15-11/h4,6,9H,3,5,7H2,1-2H3,(H,13,14,15). The Morgan fingerprint density at radius 3 is 3.06 bits per heavy atom. The highest BCUT2D eigenvalue weighted by molar-refractivity contribution is 5.29. The molecule has 1 heterocycles. The number of nitrogens with one attached hydrogen (secondary N) is 1. The van der Waals surface area contributed by atoms with E-state index in [4.69, 9.17) is 10.00 Å². The second-order valence-electron chi connectivity index (χ2n) is 3.58. The van der Waals surface area contributed by atoms with Crippen molar-refractivity contribution in [3.05, 3.63) is 18.0 Å². The number of nitrogens with zero attached hydrogens (tertiary/aromatic N) is 3. The quantitative estimate of drug-likeness (QED) is 0.737. The van der Waals surface area contributed by atoms with E-state index < -0.39 is 0 Å². The van der Waals surface area contributed by atoms with Gasteiger partial charge in [0.15, 0.2) is 0 Å². The van der Waals surface area contributed by atoms with Crippen molar-refractivity contribution in [1.82, 2.24) is 9.97 Å². The molecule has 0 spiro atoms. The van der Waals surface area contributed by atoms with Gasteiger partial charge in [0.1, 0.15) is 11.8 Å². The molecule has 1 aromatic heterocycles. The maximum Gasteiger partial charge on any atom is 0.223 e. The van der Waals surface area contributed by atoms with Crippen LogP contribution in [0, 0.1) is 11.3 Å². The van der Waals surface area contributed by atoms with Gasteiger partial charge in [-0.3, -0.25) is 0 Å². The van der Waals surface area contributed by atoms with Crippen LogP contribution in [-0.2, 0) is 4.74 Å². The van der Waals surface area contributed by atoms with Crippen LogP contribution in [0.25, 0.3) is 0 Å². The van der Waals surface area contributed by atoms with Gasteiger partial charge in [0, 0.05) is 19.3 Å². The molecule has 0 amide bonds. The van der Waals surface area contributed by atoms with Crippen LogP contribution in [-0.4, -0.2) is 29.2 Å². The monoisotopic (exact) mass is 220 g/mol. The topological polar surface area (TPSA) is 70.8 Å². The molecule has 1 rings (SSSR count). The molecule has 1 N–H and O–H groups in total. The summed E-state index contributed by atoms with van der Waals surface area (Å²) in [5, 5.41) is 11.7. The molecule has 0 unspecified atom stereocenters. The highest BCUT2D eigenvalue weighted by Gasteiger charge is 1.97. The van der Waals surface area contributed by atoms with Crippen LogP contribution in [0.5, 0.6) is 0 Å². The van der Waals surface area contributed by atoms with Gasteiger partial charge in [-0.1, -0.05) is 0 Å². The van der Waals surface area contributed by atoms with Gasteiger partial charge in [-0.15, -0.1) is 0 Å². The molecule has 0 saturated heterocycles. The average molecular weight is 220 g/mol. The van der Waals surface area contributed by atoms with Crippen LogP contribution in [0.15, 0.2) is 12.3 Å². The lowest BCUT2D eigenvalue weighted by Gasteiger charge is -2.07. The fourth-order valence-electron chi connectivity index (χ4n) is 1.10. The fourth-order valence-corrected chi connectivity index (χ4v) is 1.10. The Bertz CT molecular complexity index is 359. The van der Waals surface area contributed by atoms with Crippen LogP contribution in [0.1, 0.15) is 26.0 Å². The minimum Gasteiger partial charge on any atom is -0.379 e. The Labute approximate surface area is 95.5 Å². The number of hydrogen-bond acceptors (Lipinski definition) is 5. The van der Waals surface area contributed by atoms with E-state index in [2.05, 4.69) is 15.3 Å². The summed E-state index contributed by atoms with van der Waals surface area (Å²) < 4.78 is 5.39. The number of ether oxygens (including phenoxy) is 1. The number of aromatic nitrogens is 2. The van der Waals surface area contributed by atoms with E-state index in [9.17, 15) is 0 Å². The molecule has 0 radical (unpaired) electrons. The lowest BCUT2D eigenvalue weighted by Crippen LogP contribution is -2.10. The Morgan fingerprint density at radius 2 is 2.38 bits per heavy atom. The first-order chi connectivity index (χ1) is 7.72. The van der Waals surface area contributed by atoms with Crippen molar-refractivity contribution in [2.75, 3.05) is 18.5 Å². The third kappa shape index (κ3) is 4.71. The second kappa shape index (κ2) is 6.75. The molecule has 16 heavy (non-hydrogen) atoms. The molecule has 0 aromatic carbocycles. The lowest BCUT2D eigenvalue weighted by atomic mass is 10.4. The SMILES string of the molecule is CC(C)OCCCNc1nccc(C#N)n1. The van der Waals surface area contributed by atoms with Crippen molar-refractivity contribution in [3.63, 3.8) is 0 Å². The Hall–Kier alpha value is -1.67. The normalized spacial score (nSPS) is 10.1. The van der Waals surface area contributed by atoms with Crippen molar-refractivity contribution in [1.29, 1.82) is 5.26 Å². The van der Waals surface area contributed by atoms with Crippen LogP contribution in [0.4, 0.5) is 5.95 Å². The fraction of sp³-hybridized carbons (Fsp3) is 0.545. The van der Waals surface area contributed by atoms with E-state index in [0.29, 0.717) is 18.2 Å². The summed E-state index contributed by atoms with van der Waals surface area (Å²) in [4.78, 5) is 8.01. The molecule has 0 fully saturated rings. The third-order valence-corrected chi connectivity index (χ3v) is 1.83. The molecule has 0 saturated carbocycles. The third-order valence-electron chi connectivity index (χ3n) is 1.83. The van der Waals surface area contributed by atoms with Crippen LogP contribution < -0.4 is 5.32 Å². The molecule has 1 aromatic rings. The number of hydrogen-bond donors (Lipinski definition) is 1. The van der Waals surface area contributed by atoms with E-state index in [-0.39, 0.29) is 6.10 Å². The van der Waals surface area contributed by atoms with Gasteiger partial charge in [-0.2, -0.15) is 5.26 Å². The molecular weight excluding hydrogens is 204 g/mol. The Morgan fingerprint density at radius 1 is 1.56 bits per heavy atom. The summed E-state index contributed by atoms with van der Waals surface area (Å²) in [6, 6.07) is 3.54. The highest BCUT2D eigenvalue weighted by atomic mass is 16.5. The van der Waals surface area contributed by atoms with Crippen LogP contribution in [0.3, 0.4) is 0 Å². The van der Waals surface area contributed by atoms with Crippen LogP contribution >= 0.6 is 0 Å². The Balaban J connectivity index is 2.24. The zero-order chi connectivity index (χ0) is 11.8. The zero-order valence-electron chi connectivity index (χ0n) is 9.60. The van der Waals surface area contributed by atoms with Gasteiger partial charge in [0.25, 0.3) is 0 Å². The van der Waals surface area contributed by atoms with E-state index in [1.807, 2.05) is 19.9 Å². The minimum atomic E-state index is 0.262. The molecule has 0 atom stereocenters. The lowest BCUT2D eigenvalue weighted by molar-refractivity contribution is 0.0787. The first-order valence-corrected chi connectivity index (χ1v) is 5.31. The highest BCUT2D eigenvalue weighted by Crippen LogP contribution is 1.99. The smallest absolute Gasteiger partial charge is 0.223 e. The van der Waals surface area contributed by atoms with Gasteiger partial charge < -0.3 is 10.1 Å². The van der Waals surface area contributed by atoms with Crippen molar-refractivity contribution in [2.24, 2.45) is 0 Å². The van der Waals surface area contributed by atoms with E-state index in [1.165, 1.54) is 0 Å². The number of nitriles is 1. The molecule has 5 heteroatoms. The predicted molar refractivity (Wildman–Crippen MR) is 60.9 cm³/mol. The molecule has 0 aliphatic heterocycles. The summed E-state index contributed by atoms with van der Waals surface area (Å²) in [6.07, 6.45) is 2.72. The van der Waals surface area contributed by atoms with E-state index >= 15 is 0 Å². The maximum absolute atomic E-state index is 8.64. The van der Waals surface area contributed by atoms with E-state index in [0.717, 1.165) is 13.0 Å². The minimum absolute atomic E-state index is 0.262. The first-order valence-electron chi connectivity index (χ1n) is 5.31. The van der Waals surface area contributed by atoms with Gasteiger partial charge in [0.2, 0.25) is 5.95 Å². The Kier molecular flexibility index (Phi) is 5.23. The van der Waals surface area contributed by atoms with Crippen LogP contribution in [0.2, 0.25) is 0 Å². The molecule has 0 aliphatic rings. The molecular formula is C11H16N4O. The number of anilines is 1. The van der Waals surface area contributed by atoms with Gasteiger partial charge in [-0.25, -0.2) is 9.97 Å². The van der Waals surface area contributed by atoms with E-state index in [1.54, 1.807) is 12.3 Å². The summed E-state index contributed by atoms with van der Waals surface area (Å²) >= 11 is 0.